The third kappa shape index (κ3) is 4.02. The number of anilines is 1. The molecule has 28 heavy (non-hydrogen) atoms. The van der Waals surface area contributed by atoms with Crippen LogP contribution >= 0.6 is 0 Å². The maximum absolute atomic E-state index is 12.7. The van der Waals surface area contributed by atoms with Gasteiger partial charge < -0.3 is 19.1 Å². The number of aromatic nitrogens is 2. The Labute approximate surface area is 165 Å². The van der Waals surface area contributed by atoms with Crippen molar-refractivity contribution in [3.05, 3.63) is 60.4 Å². The number of fused-ring (bicyclic) bond motifs is 1. The minimum Gasteiger partial charge on any atom is -0.378 e. The molecule has 1 aliphatic rings. The first kappa shape index (κ1) is 18.5. The Morgan fingerprint density at radius 3 is 2.71 bits per heavy atom. The maximum Gasteiger partial charge on any atom is 0.224 e. The number of ether oxygens (including phenoxy) is 1. The van der Waals surface area contributed by atoms with Crippen molar-refractivity contribution in [1.82, 2.24) is 14.5 Å². The molecule has 0 N–H and O–H groups in total. The number of benzene rings is 2. The van der Waals surface area contributed by atoms with Crippen LogP contribution in [0.25, 0.3) is 11.0 Å². The van der Waals surface area contributed by atoms with Gasteiger partial charge in [-0.3, -0.25) is 4.79 Å². The summed E-state index contributed by atoms with van der Waals surface area (Å²) in [6, 6.07) is 16.3. The summed E-state index contributed by atoms with van der Waals surface area (Å²) in [6.45, 7) is 4.53. The quantitative estimate of drug-likeness (QED) is 0.662. The summed E-state index contributed by atoms with van der Waals surface area (Å²) in [5, 5.41) is 0. The molecule has 3 aromatic rings. The highest BCUT2D eigenvalue weighted by atomic mass is 16.5. The van der Waals surface area contributed by atoms with Crippen LogP contribution < -0.4 is 4.90 Å². The molecule has 2 aromatic carbocycles. The molecule has 6 nitrogen and oxygen atoms in total. The molecular weight excluding hydrogens is 352 g/mol. The zero-order valence-electron chi connectivity index (χ0n) is 16.3. The topological polar surface area (TPSA) is 50.6 Å². The summed E-state index contributed by atoms with van der Waals surface area (Å²) in [6.07, 6.45) is 2.27. The molecule has 1 fully saturated rings. The van der Waals surface area contributed by atoms with E-state index in [4.69, 9.17) is 4.74 Å². The molecule has 146 valence electrons. The average molecular weight is 378 g/mol. The van der Waals surface area contributed by atoms with Crippen LogP contribution in [-0.2, 0) is 22.6 Å². The number of carbonyl (C=O) groups is 1. The van der Waals surface area contributed by atoms with Crippen molar-refractivity contribution in [1.29, 1.82) is 0 Å². The molecule has 0 spiro atoms. The number of imidazole rings is 1. The number of para-hydroxylation sites is 3. The van der Waals surface area contributed by atoms with Crippen LogP contribution in [0.4, 0.5) is 5.69 Å². The fraction of sp³-hybridized carbons (Fsp3) is 0.364. The molecule has 0 aliphatic carbocycles. The van der Waals surface area contributed by atoms with Crippen molar-refractivity contribution in [2.75, 3.05) is 38.3 Å². The monoisotopic (exact) mass is 378 g/mol. The lowest BCUT2D eigenvalue weighted by atomic mass is 10.1. The van der Waals surface area contributed by atoms with Crippen molar-refractivity contribution in [3.63, 3.8) is 0 Å². The molecule has 1 amide bonds. The van der Waals surface area contributed by atoms with Gasteiger partial charge in [0.1, 0.15) is 0 Å². The molecule has 1 saturated heterocycles. The number of amides is 1. The van der Waals surface area contributed by atoms with E-state index in [-0.39, 0.29) is 5.91 Å². The number of nitrogens with zero attached hydrogens (tertiary/aromatic N) is 4. The molecular formula is C22H26N4O2. The van der Waals surface area contributed by atoms with E-state index >= 15 is 0 Å². The van der Waals surface area contributed by atoms with E-state index in [9.17, 15) is 4.79 Å². The van der Waals surface area contributed by atoms with Crippen LogP contribution in [-0.4, -0.2) is 53.7 Å². The standard InChI is InChI=1S/C22H26N4O2/c1-24(16-18-6-2-4-8-20(18)25-12-14-28-15-13-25)22(27)10-11-26-17-23-19-7-3-5-9-21(19)26/h2-9,17H,10-16H2,1H3. The van der Waals surface area contributed by atoms with E-state index in [1.807, 2.05) is 53.2 Å². The van der Waals surface area contributed by atoms with Gasteiger partial charge in [0.25, 0.3) is 0 Å². The normalized spacial score (nSPS) is 14.4. The molecule has 0 saturated carbocycles. The Balaban J connectivity index is 1.39. The van der Waals surface area contributed by atoms with Crippen molar-refractivity contribution in [2.24, 2.45) is 0 Å². The van der Waals surface area contributed by atoms with Crippen LogP contribution in [0.3, 0.4) is 0 Å². The van der Waals surface area contributed by atoms with E-state index in [0.29, 0.717) is 19.5 Å². The van der Waals surface area contributed by atoms with Gasteiger partial charge in [0.05, 0.1) is 30.6 Å². The van der Waals surface area contributed by atoms with Crippen LogP contribution in [0, 0.1) is 0 Å². The second-order valence-corrected chi connectivity index (χ2v) is 7.15. The lowest BCUT2D eigenvalue weighted by molar-refractivity contribution is -0.130. The summed E-state index contributed by atoms with van der Waals surface area (Å²) in [5.41, 5.74) is 4.40. The van der Waals surface area contributed by atoms with Crippen LogP contribution in [0.1, 0.15) is 12.0 Å². The summed E-state index contributed by atoms with van der Waals surface area (Å²) in [4.78, 5) is 21.3. The van der Waals surface area contributed by atoms with Gasteiger partial charge in [0.15, 0.2) is 0 Å². The van der Waals surface area contributed by atoms with Crippen molar-refractivity contribution >= 4 is 22.6 Å². The third-order valence-electron chi connectivity index (χ3n) is 5.27. The molecule has 1 aromatic heterocycles. The molecule has 0 bridgehead atoms. The van der Waals surface area contributed by atoms with Gasteiger partial charge in [-0.1, -0.05) is 30.3 Å². The van der Waals surface area contributed by atoms with Crippen LogP contribution in [0.5, 0.6) is 0 Å². The fourth-order valence-electron chi connectivity index (χ4n) is 3.70. The first-order valence-electron chi connectivity index (χ1n) is 9.77. The Bertz CT molecular complexity index is 946. The van der Waals surface area contributed by atoms with Gasteiger partial charge in [0.2, 0.25) is 5.91 Å². The Hall–Kier alpha value is -2.86. The van der Waals surface area contributed by atoms with E-state index < -0.39 is 0 Å². The second-order valence-electron chi connectivity index (χ2n) is 7.15. The van der Waals surface area contributed by atoms with E-state index in [1.165, 1.54) is 11.3 Å². The largest absolute Gasteiger partial charge is 0.378 e. The highest BCUT2D eigenvalue weighted by molar-refractivity contribution is 5.77. The van der Waals surface area contributed by atoms with Gasteiger partial charge in [-0.15, -0.1) is 0 Å². The number of morpholine rings is 1. The molecule has 2 heterocycles. The zero-order valence-corrected chi connectivity index (χ0v) is 16.3. The van der Waals surface area contributed by atoms with E-state index in [2.05, 4.69) is 28.1 Å². The first-order chi connectivity index (χ1) is 13.7. The van der Waals surface area contributed by atoms with Crippen LogP contribution in [0.15, 0.2) is 54.9 Å². The van der Waals surface area contributed by atoms with Gasteiger partial charge in [-0.25, -0.2) is 4.98 Å². The SMILES string of the molecule is CN(Cc1ccccc1N1CCOCC1)C(=O)CCn1cnc2ccccc21. The number of rotatable bonds is 6. The number of hydrogen-bond acceptors (Lipinski definition) is 4. The molecule has 6 heteroatoms. The molecule has 4 rings (SSSR count). The smallest absolute Gasteiger partial charge is 0.224 e. The van der Waals surface area contributed by atoms with Gasteiger partial charge in [-0.05, 0) is 23.8 Å². The summed E-state index contributed by atoms with van der Waals surface area (Å²) < 4.78 is 7.51. The Morgan fingerprint density at radius 2 is 1.86 bits per heavy atom. The summed E-state index contributed by atoms with van der Waals surface area (Å²) >= 11 is 0. The van der Waals surface area contributed by atoms with Gasteiger partial charge in [0, 0.05) is 45.3 Å². The molecule has 1 aliphatic heterocycles. The van der Waals surface area contributed by atoms with Crippen molar-refractivity contribution in [3.8, 4) is 0 Å². The van der Waals surface area contributed by atoms with Gasteiger partial charge >= 0.3 is 0 Å². The highest BCUT2D eigenvalue weighted by Crippen LogP contribution is 2.23. The first-order valence-corrected chi connectivity index (χ1v) is 9.77. The van der Waals surface area contributed by atoms with Crippen LogP contribution in [0.2, 0.25) is 0 Å². The predicted octanol–water partition coefficient (Wildman–Crippen LogP) is 2.92. The Kier molecular flexibility index (Phi) is 5.58. The third-order valence-corrected chi connectivity index (χ3v) is 5.27. The number of hydrogen-bond donors (Lipinski definition) is 0. The summed E-state index contributed by atoms with van der Waals surface area (Å²) in [5.74, 6) is 0.134. The minimum atomic E-state index is 0.134. The van der Waals surface area contributed by atoms with Crippen molar-refractivity contribution in [2.45, 2.75) is 19.5 Å². The molecule has 0 atom stereocenters. The minimum absolute atomic E-state index is 0.134. The highest BCUT2D eigenvalue weighted by Gasteiger charge is 2.17. The van der Waals surface area contributed by atoms with E-state index in [1.54, 1.807) is 0 Å². The number of aryl methyl sites for hydroxylation is 1. The van der Waals surface area contributed by atoms with E-state index in [0.717, 1.165) is 37.3 Å². The fourth-order valence-corrected chi connectivity index (χ4v) is 3.70. The van der Waals surface area contributed by atoms with Gasteiger partial charge in [-0.2, -0.15) is 0 Å². The molecule has 0 unspecified atom stereocenters. The molecule has 0 radical (unpaired) electrons. The second kappa shape index (κ2) is 8.44. The predicted molar refractivity (Wildman–Crippen MR) is 110 cm³/mol. The average Bonchev–Trinajstić information content (AvgIpc) is 3.16. The van der Waals surface area contributed by atoms with Crippen molar-refractivity contribution < 1.29 is 9.53 Å². The zero-order chi connectivity index (χ0) is 19.3. The Morgan fingerprint density at radius 1 is 1.11 bits per heavy atom. The number of carbonyl (C=O) groups excluding carboxylic acids is 1. The summed E-state index contributed by atoms with van der Waals surface area (Å²) in [7, 11) is 1.88. The lowest BCUT2D eigenvalue weighted by Crippen LogP contribution is -2.37. The lowest BCUT2D eigenvalue weighted by Gasteiger charge is -2.31. The maximum atomic E-state index is 12.7.